The lowest BCUT2D eigenvalue weighted by Gasteiger charge is -1.98. The van der Waals surface area contributed by atoms with E-state index in [0.29, 0.717) is 12.2 Å². The van der Waals surface area contributed by atoms with Gasteiger partial charge in [0.05, 0.1) is 0 Å². The van der Waals surface area contributed by atoms with Gasteiger partial charge in [-0.15, -0.1) is 0 Å². The number of carbonyl (C=O) groups excluding carboxylic acids is 1. The zero-order valence-corrected chi connectivity index (χ0v) is 8.17. The van der Waals surface area contributed by atoms with Crippen molar-refractivity contribution in [2.45, 2.75) is 44.9 Å². The van der Waals surface area contributed by atoms with Crippen LogP contribution < -0.4 is 0 Å². The molecule has 1 heteroatoms. The normalized spacial score (nSPS) is 20.8. The van der Waals surface area contributed by atoms with E-state index in [0.717, 1.165) is 38.5 Å². The molecule has 0 saturated heterocycles. The maximum atomic E-state index is 11.2. The molecule has 72 valence electrons. The fraction of sp³-hybridized carbons (Fsp3) is 0.583. The van der Waals surface area contributed by atoms with E-state index < -0.39 is 0 Å². The first-order chi connectivity index (χ1) is 6.39. The van der Waals surface area contributed by atoms with E-state index in [4.69, 9.17) is 0 Å². The van der Waals surface area contributed by atoms with Crippen molar-refractivity contribution in [3.8, 4) is 0 Å². The lowest BCUT2D eigenvalue weighted by Crippen LogP contribution is -1.95. The summed E-state index contributed by atoms with van der Waals surface area (Å²) in [5.74, 6) is 0.390. The predicted molar refractivity (Wildman–Crippen MR) is 55.6 cm³/mol. The maximum absolute atomic E-state index is 11.2. The Labute approximate surface area is 80.5 Å². The van der Waals surface area contributed by atoms with E-state index in [1.54, 1.807) is 0 Å². The van der Waals surface area contributed by atoms with Gasteiger partial charge in [-0.1, -0.05) is 24.3 Å². The summed E-state index contributed by atoms with van der Waals surface area (Å²) in [6.45, 7) is 0. The van der Waals surface area contributed by atoms with E-state index >= 15 is 0 Å². The molecule has 0 aromatic carbocycles. The summed E-state index contributed by atoms with van der Waals surface area (Å²) in [6, 6.07) is 0. The van der Waals surface area contributed by atoms with Crippen molar-refractivity contribution in [2.24, 2.45) is 0 Å². The first-order valence-corrected chi connectivity index (χ1v) is 5.21. The molecule has 0 spiro atoms. The minimum Gasteiger partial charge on any atom is -0.299 e. The highest BCUT2D eigenvalue weighted by molar-refractivity contribution is 5.79. The van der Waals surface area contributed by atoms with Crippen LogP contribution in [0.4, 0.5) is 0 Å². The van der Waals surface area contributed by atoms with Crippen LogP contribution in [0.15, 0.2) is 24.3 Å². The molecule has 0 heterocycles. The van der Waals surface area contributed by atoms with E-state index in [1.807, 2.05) is 6.08 Å². The average Bonchev–Trinajstić information content (AvgIpc) is 2.11. The number of hydrogen-bond donors (Lipinski definition) is 0. The zero-order chi connectivity index (χ0) is 9.36. The summed E-state index contributed by atoms with van der Waals surface area (Å²) in [5.41, 5.74) is 0. The second-order valence-electron chi connectivity index (χ2n) is 3.51. The maximum Gasteiger partial charge on any atom is 0.136 e. The van der Waals surface area contributed by atoms with Crippen LogP contribution in [-0.2, 0) is 4.79 Å². The topological polar surface area (TPSA) is 17.1 Å². The van der Waals surface area contributed by atoms with Gasteiger partial charge < -0.3 is 0 Å². The predicted octanol–water partition coefficient (Wildman–Crippen LogP) is 3.41. The Morgan fingerprint density at radius 2 is 1.54 bits per heavy atom. The number of rotatable bonds is 0. The number of allylic oxidation sites excluding steroid dienone is 4. The summed E-state index contributed by atoms with van der Waals surface area (Å²) in [4.78, 5) is 11.2. The van der Waals surface area contributed by atoms with Gasteiger partial charge >= 0.3 is 0 Å². The standard InChI is InChI=1S/C12H18O/c13-12-10-8-6-4-2-1-3-5-7-9-11-12/h1-2,7,9H,3-6,8,10-11H2. The Balaban J connectivity index is 2.33. The monoisotopic (exact) mass is 178 g/mol. The smallest absolute Gasteiger partial charge is 0.136 e. The van der Waals surface area contributed by atoms with Gasteiger partial charge in [-0.25, -0.2) is 0 Å². The lowest BCUT2D eigenvalue weighted by molar-refractivity contribution is -0.118. The SMILES string of the molecule is O=C1CC=CCCC=CCCCC1. The number of ketones is 1. The number of Topliss-reactive ketones (excluding diaryl/α,β-unsaturated/α-hetero) is 1. The van der Waals surface area contributed by atoms with Gasteiger partial charge in [-0.05, 0) is 32.1 Å². The minimum atomic E-state index is 0.390. The number of hydrogen-bond acceptors (Lipinski definition) is 1. The van der Waals surface area contributed by atoms with Crippen molar-refractivity contribution in [3.05, 3.63) is 24.3 Å². The Morgan fingerprint density at radius 1 is 0.846 bits per heavy atom. The van der Waals surface area contributed by atoms with Crippen molar-refractivity contribution in [1.82, 2.24) is 0 Å². The first-order valence-electron chi connectivity index (χ1n) is 5.21. The van der Waals surface area contributed by atoms with Crippen LogP contribution in [-0.4, -0.2) is 5.78 Å². The molecule has 13 heavy (non-hydrogen) atoms. The van der Waals surface area contributed by atoms with Gasteiger partial charge in [0.1, 0.15) is 5.78 Å². The molecule has 0 aromatic rings. The molecule has 0 amide bonds. The Kier molecular flexibility index (Phi) is 5.23. The quantitative estimate of drug-likeness (QED) is 0.519. The lowest BCUT2D eigenvalue weighted by atomic mass is 10.1. The summed E-state index contributed by atoms with van der Waals surface area (Å²) < 4.78 is 0. The van der Waals surface area contributed by atoms with Gasteiger partial charge in [0, 0.05) is 12.8 Å². The van der Waals surface area contributed by atoms with Gasteiger partial charge in [0.25, 0.3) is 0 Å². The van der Waals surface area contributed by atoms with Crippen LogP contribution >= 0.6 is 0 Å². The molecule has 1 nitrogen and oxygen atoms in total. The third kappa shape index (κ3) is 5.40. The first kappa shape index (κ1) is 10.2. The summed E-state index contributed by atoms with van der Waals surface area (Å²) in [7, 11) is 0. The average molecular weight is 178 g/mol. The molecule has 0 N–H and O–H groups in total. The summed E-state index contributed by atoms with van der Waals surface area (Å²) >= 11 is 0. The molecule has 0 atom stereocenters. The van der Waals surface area contributed by atoms with E-state index in [9.17, 15) is 4.79 Å². The molecule has 0 radical (unpaired) electrons. The van der Waals surface area contributed by atoms with Crippen LogP contribution in [0, 0.1) is 0 Å². The molecule has 0 bridgehead atoms. The fourth-order valence-electron chi connectivity index (χ4n) is 1.45. The Bertz CT molecular complexity index is 201. The molecule has 0 unspecified atom stereocenters. The molecule has 0 fully saturated rings. The van der Waals surface area contributed by atoms with Crippen LogP contribution in [0.1, 0.15) is 44.9 Å². The molecular weight excluding hydrogens is 160 g/mol. The molecule has 0 aromatic heterocycles. The zero-order valence-electron chi connectivity index (χ0n) is 8.17. The molecule has 0 saturated carbocycles. The summed E-state index contributed by atoms with van der Waals surface area (Å²) in [6.07, 6.45) is 15.5. The molecule has 0 aliphatic heterocycles. The van der Waals surface area contributed by atoms with Gasteiger partial charge in [-0.2, -0.15) is 0 Å². The van der Waals surface area contributed by atoms with Crippen LogP contribution in [0.25, 0.3) is 0 Å². The van der Waals surface area contributed by atoms with Gasteiger partial charge in [-0.3, -0.25) is 4.79 Å². The molecular formula is C12H18O. The van der Waals surface area contributed by atoms with Gasteiger partial charge in [0.2, 0.25) is 0 Å². The highest BCUT2D eigenvalue weighted by Gasteiger charge is 1.98. The van der Waals surface area contributed by atoms with E-state index in [2.05, 4.69) is 18.2 Å². The van der Waals surface area contributed by atoms with Crippen molar-refractivity contribution in [1.29, 1.82) is 0 Å². The summed E-state index contributed by atoms with van der Waals surface area (Å²) in [5, 5.41) is 0. The number of carbonyl (C=O) groups is 1. The van der Waals surface area contributed by atoms with E-state index in [-0.39, 0.29) is 0 Å². The molecule has 1 aliphatic carbocycles. The largest absolute Gasteiger partial charge is 0.299 e. The molecule has 1 aliphatic rings. The minimum absolute atomic E-state index is 0.390. The third-order valence-electron chi connectivity index (χ3n) is 2.26. The van der Waals surface area contributed by atoms with Crippen LogP contribution in [0.3, 0.4) is 0 Å². The van der Waals surface area contributed by atoms with Crippen LogP contribution in [0.2, 0.25) is 0 Å². The van der Waals surface area contributed by atoms with E-state index in [1.165, 1.54) is 0 Å². The van der Waals surface area contributed by atoms with Gasteiger partial charge in [0.15, 0.2) is 0 Å². The second kappa shape index (κ2) is 6.64. The van der Waals surface area contributed by atoms with Crippen LogP contribution in [0.5, 0.6) is 0 Å². The fourth-order valence-corrected chi connectivity index (χ4v) is 1.45. The second-order valence-corrected chi connectivity index (χ2v) is 3.51. The Morgan fingerprint density at radius 3 is 2.38 bits per heavy atom. The Hall–Kier alpha value is -0.850. The highest BCUT2D eigenvalue weighted by atomic mass is 16.1. The third-order valence-corrected chi connectivity index (χ3v) is 2.26. The van der Waals surface area contributed by atoms with Crippen molar-refractivity contribution >= 4 is 5.78 Å². The van der Waals surface area contributed by atoms with Crippen molar-refractivity contribution in [3.63, 3.8) is 0 Å². The molecule has 1 rings (SSSR count). The van der Waals surface area contributed by atoms with Crippen molar-refractivity contribution in [2.75, 3.05) is 0 Å². The van der Waals surface area contributed by atoms with Crippen molar-refractivity contribution < 1.29 is 4.79 Å². The highest BCUT2D eigenvalue weighted by Crippen LogP contribution is 2.06.